The molecule has 0 spiro atoms. The molecule has 3 rings (SSSR count). The van der Waals surface area contributed by atoms with Gasteiger partial charge in [0, 0.05) is 9.61 Å². The summed E-state index contributed by atoms with van der Waals surface area (Å²) in [7, 11) is 0. The lowest BCUT2D eigenvalue weighted by Crippen LogP contribution is -2.13. The largest absolute Gasteiger partial charge is 0.324 e. The van der Waals surface area contributed by atoms with Crippen molar-refractivity contribution in [3.63, 3.8) is 0 Å². The normalized spacial score (nSPS) is 18.1. The van der Waals surface area contributed by atoms with Crippen LogP contribution in [0.15, 0.2) is 18.2 Å². The summed E-state index contributed by atoms with van der Waals surface area (Å²) >= 11 is 8.49. The standard InChI is InChI=1S/C16H20ClIN2/c17-11-16-19-14-10-12(18)8-9-15(14)20(16)13-6-4-2-1-3-5-7-13/h8-10,13H,1-7,11H2. The van der Waals surface area contributed by atoms with E-state index in [0.717, 1.165) is 11.3 Å². The smallest absolute Gasteiger partial charge is 0.125 e. The van der Waals surface area contributed by atoms with E-state index >= 15 is 0 Å². The summed E-state index contributed by atoms with van der Waals surface area (Å²) in [5.74, 6) is 1.54. The van der Waals surface area contributed by atoms with Gasteiger partial charge in [0.25, 0.3) is 0 Å². The first-order valence-electron chi connectivity index (χ1n) is 7.52. The van der Waals surface area contributed by atoms with Crippen LogP contribution in [0.5, 0.6) is 0 Å². The average Bonchev–Trinajstić information content (AvgIpc) is 2.76. The van der Waals surface area contributed by atoms with Crippen LogP contribution in [0.25, 0.3) is 11.0 Å². The van der Waals surface area contributed by atoms with Gasteiger partial charge in [-0.3, -0.25) is 0 Å². The second-order valence-corrected chi connectivity index (χ2v) is 7.18. The maximum absolute atomic E-state index is 6.15. The molecule has 0 radical (unpaired) electrons. The number of halogens is 2. The minimum atomic E-state index is 0.502. The minimum Gasteiger partial charge on any atom is -0.324 e. The van der Waals surface area contributed by atoms with Gasteiger partial charge in [0.1, 0.15) is 5.82 Å². The van der Waals surface area contributed by atoms with Crippen molar-refractivity contribution in [2.24, 2.45) is 0 Å². The van der Waals surface area contributed by atoms with Crippen LogP contribution in [0.4, 0.5) is 0 Å². The van der Waals surface area contributed by atoms with Crippen molar-refractivity contribution in [2.45, 2.75) is 56.9 Å². The third-order valence-corrected chi connectivity index (χ3v) is 5.19. The van der Waals surface area contributed by atoms with Crippen LogP contribution in [0, 0.1) is 3.57 Å². The molecule has 1 fully saturated rings. The highest BCUT2D eigenvalue weighted by Crippen LogP contribution is 2.32. The van der Waals surface area contributed by atoms with Gasteiger partial charge >= 0.3 is 0 Å². The number of nitrogens with zero attached hydrogens (tertiary/aromatic N) is 2. The van der Waals surface area contributed by atoms with Gasteiger partial charge in [0.2, 0.25) is 0 Å². The van der Waals surface area contributed by atoms with E-state index in [2.05, 4.69) is 45.4 Å². The van der Waals surface area contributed by atoms with Gasteiger partial charge in [-0.1, -0.05) is 32.1 Å². The molecule has 0 amide bonds. The van der Waals surface area contributed by atoms with Crippen molar-refractivity contribution in [3.8, 4) is 0 Å². The van der Waals surface area contributed by atoms with E-state index in [0.29, 0.717) is 11.9 Å². The van der Waals surface area contributed by atoms with E-state index in [4.69, 9.17) is 16.6 Å². The summed E-state index contributed by atoms with van der Waals surface area (Å²) in [6, 6.07) is 7.11. The first-order valence-corrected chi connectivity index (χ1v) is 9.13. The summed E-state index contributed by atoms with van der Waals surface area (Å²) in [6.07, 6.45) is 9.34. The Morgan fingerprint density at radius 3 is 2.55 bits per heavy atom. The minimum absolute atomic E-state index is 0.502. The quantitative estimate of drug-likeness (QED) is 0.468. The Bertz CT molecular complexity index is 585. The molecule has 1 aliphatic carbocycles. The number of alkyl halides is 1. The van der Waals surface area contributed by atoms with E-state index in [1.54, 1.807) is 0 Å². The second-order valence-electron chi connectivity index (χ2n) is 5.66. The van der Waals surface area contributed by atoms with Crippen LogP contribution in [0.1, 0.15) is 56.8 Å². The fourth-order valence-electron chi connectivity index (χ4n) is 3.32. The van der Waals surface area contributed by atoms with E-state index in [1.807, 2.05) is 0 Å². The Morgan fingerprint density at radius 2 is 1.85 bits per heavy atom. The first kappa shape index (κ1) is 14.6. The Labute approximate surface area is 139 Å². The summed E-state index contributed by atoms with van der Waals surface area (Å²) in [5.41, 5.74) is 2.35. The van der Waals surface area contributed by atoms with Crippen LogP contribution in [0.3, 0.4) is 0 Å². The number of fused-ring (bicyclic) bond motifs is 1. The zero-order valence-electron chi connectivity index (χ0n) is 11.6. The molecule has 0 unspecified atom stereocenters. The van der Waals surface area contributed by atoms with Crippen LogP contribution >= 0.6 is 34.2 Å². The van der Waals surface area contributed by atoms with Gasteiger partial charge in [-0.15, -0.1) is 11.6 Å². The highest BCUT2D eigenvalue weighted by atomic mass is 127. The molecule has 0 N–H and O–H groups in total. The summed E-state index contributed by atoms with van der Waals surface area (Å²) < 4.78 is 3.66. The summed E-state index contributed by atoms with van der Waals surface area (Å²) in [4.78, 5) is 4.75. The highest BCUT2D eigenvalue weighted by Gasteiger charge is 2.19. The molecule has 0 atom stereocenters. The van der Waals surface area contributed by atoms with E-state index in [1.165, 1.54) is 54.0 Å². The molecule has 1 heterocycles. The third kappa shape index (κ3) is 2.98. The molecule has 20 heavy (non-hydrogen) atoms. The maximum atomic E-state index is 6.15. The second kappa shape index (κ2) is 6.65. The van der Waals surface area contributed by atoms with Crippen LogP contribution in [-0.4, -0.2) is 9.55 Å². The van der Waals surface area contributed by atoms with Gasteiger partial charge < -0.3 is 4.57 Å². The number of rotatable bonds is 2. The molecule has 0 bridgehead atoms. The molecule has 4 heteroatoms. The fourth-order valence-corrected chi connectivity index (χ4v) is 3.98. The zero-order valence-corrected chi connectivity index (χ0v) is 14.5. The SMILES string of the molecule is ClCc1nc2cc(I)ccc2n1C1CCCCCCC1. The van der Waals surface area contributed by atoms with Crippen molar-refractivity contribution >= 4 is 45.2 Å². The Morgan fingerprint density at radius 1 is 1.15 bits per heavy atom. The van der Waals surface area contributed by atoms with E-state index in [9.17, 15) is 0 Å². The van der Waals surface area contributed by atoms with Crippen molar-refractivity contribution < 1.29 is 0 Å². The number of hydrogen-bond donors (Lipinski definition) is 0. The lowest BCUT2D eigenvalue weighted by Gasteiger charge is -2.23. The van der Waals surface area contributed by atoms with Crippen molar-refractivity contribution in [1.82, 2.24) is 9.55 Å². The first-order chi connectivity index (χ1) is 9.79. The van der Waals surface area contributed by atoms with Crippen LogP contribution < -0.4 is 0 Å². The molecular formula is C16H20ClIN2. The molecule has 1 aromatic carbocycles. The van der Waals surface area contributed by atoms with Gasteiger partial charge in [-0.2, -0.15) is 0 Å². The van der Waals surface area contributed by atoms with Crippen LogP contribution in [0.2, 0.25) is 0 Å². The average molecular weight is 403 g/mol. The molecule has 1 saturated carbocycles. The number of aromatic nitrogens is 2. The molecule has 2 nitrogen and oxygen atoms in total. The van der Waals surface area contributed by atoms with E-state index < -0.39 is 0 Å². The molecule has 0 saturated heterocycles. The van der Waals surface area contributed by atoms with Gasteiger partial charge in [-0.05, 0) is 53.6 Å². The topological polar surface area (TPSA) is 17.8 Å². The van der Waals surface area contributed by atoms with Gasteiger partial charge in [-0.25, -0.2) is 4.98 Å². The van der Waals surface area contributed by atoms with E-state index in [-0.39, 0.29) is 0 Å². The molecule has 2 aromatic rings. The number of benzene rings is 1. The summed E-state index contributed by atoms with van der Waals surface area (Å²) in [6.45, 7) is 0. The fraction of sp³-hybridized carbons (Fsp3) is 0.562. The Balaban J connectivity index is 2.03. The maximum Gasteiger partial charge on any atom is 0.125 e. The lowest BCUT2D eigenvalue weighted by atomic mass is 9.96. The zero-order chi connectivity index (χ0) is 13.9. The predicted octanol–water partition coefficient (Wildman–Crippen LogP) is 5.67. The van der Waals surface area contributed by atoms with Gasteiger partial charge in [0.15, 0.2) is 0 Å². The predicted molar refractivity (Wildman–Crippen MR) is 93.4 cm³/mol. The number of hydrogen-bond acceptors (Lipinski definition) is 1. The molecule has 0 aliphatic heterocycles. The number of imidazole rings is 1. The van der Waals surface area contributed by atoms with Crippen LogP contribution in [-0.2, 0) is 5.88 Å². The third-order valence-electron chi connectivity index (χ3n) is 4.28. The monoisotopic (exact) mass is 402 g/mol. The molecule has 1 aliphatic rings. The molecule has 1 aromatic heterocycles. The summed E-state index contributed by atoms with van der Waals surface area (Å²) in [5, 5.41) is 0. The Hall–Kier alpha value is -0.290. The van der Waals surface area contributed by atoms with Gasteiger partial charge in [0.05, 0.1) is 16.9 Å². The van der Waals surface area contributed by atoms with Crippen molar-refractivity contribution in [1.29, 1.82) is 0 Å². The van der Waals surface area contributed by atoms with Crippen molar-refractivity contribution in [2.75, 3.05) is 0 Å². The highest BCUT2D eigenvalue weighted by molar-refractivity contribution is 14.1. The Kier molecular flexibility index (Phi) is 4.87. The molecule has 108 valence electrons. The lowest BCUT2D eigenvalue weighted by molar-refractivity contribution is 0.373. The molecular weight excluding hydrogens is 383 g/mol. The van der Waals surface area contributed by atoms with Crippen molar-refractivity contribution in [3.05, 3.63) is 27.6 Å².